The smallest absolute Gasteiger partial charge is 0.340 e. The lowest BCUT2D eigenvalue weighted by Gasteiger charge is -2.26. The fraction of sp³-hybridized carbons (Fsp3) is 0.188. The van der Waals surface area contributed by atoms with Crippen LogP contribution in [0, 0.1) is 0 Å². The second kappa shape index (κ2) is 6.07. The van der Waals surface area contributed by atoms with E-state index < -0.39 is 23.1 Å². The molecular weight excluding hydrogens is 314 g/mol. The van der Waals surface area contributed by atoms with E-state index in [-0.39, 0.29) is 29.5 Å². The number of fused-ring (bicyclic) bond motifs is 1. The van der Waals surface area contributed by atoms with Gasteiger partial charge in [-0.15, -0.1) is 0 Å². The molecule has 124 valence electrons. The monoisotopic (exact) mass is 329 g/mol. The second-order valence-electron chi connectivity index (χ2n) is 5.10. The predicted octanol–water partition coefficient (Wildman–Crippen LogP) is 0.321. The third-order valence-corrected chi connectivity index (χ3v) is 3.63. The van der Waals surface area contributed by atoms with Crippen LogP contribution in [0.1, 0.15) is 24.0 Å². The minimum Gasteiger partial charge on any atom is -0.462 e. The molecule has 0 aliphatic carbocycles. The normalized spacial score (nSPS) is 16.3. The third-order valence-electron chi connectivity index (χ3n) is 3.63. The maximum absolute atomic E-state index is 12.4. The molecule has 0 amide bonds. The third kappa shape index (κ3) is 2.58. The van der Waals surface area contributed by atoms with Gasteiger partial charge in [0.05, 0.1) is 18.1 Å². The molecule has 2 aromatic rings. The minimum absolute atomic E-state index is 0.0214. The van der Waals surface area contributed by atoms with E-state index in [2.05, 4.69) is 9.97 Å². The summed E-state index contributed by atoms with van der Waals surface area (Å²) in [4.78, 5) is 40.7. The highest BCUT2D eigenvalue weighted by Gasteiger charge is 2.38. The number of esters is 1. The first-order valence-electron chi connectivity index (χ1n) is 7.29. The Morgan fingerprint density at radius 2 is 1.96 bits per heavy atom. The van der Waals surface area contributed by atoms with Gasteiger partial charge in [0.25, 0.3) is 5.56 Å². The summed E-state index contributed by atoms with van der Waals surface area (Å²) in [5, 5.41) is 0. The number of hydrogen-bond acceptors (Lipinski definition) is 6. The molecule has 1 aliphatic heterocycles. The van der Waals surface area contributed by atoms with Gasteiger partial charge in [-0.2, -0.15) is 0 Å². The van der Waals surface area contributed by atoms with E-state index in [9.17, 15) is 14.4 Å². The topological polar surface area (TPSA) is 127 Å². The molecule has 8 heteroatoms. The van der Waals surface area contributed by atoms with Crippen molar-refractivity contribution in [3.63, 3.8) is 0 Å². The molecule has 0 unspecified atom stereocenters. The number of rotatable bonds is 3. The van der Waals surface area contributed by atoms with Crippen LogP contribution in [-0.4, -0.2) is 22.5 Å². The molecule has 0 spiro atoms. The number of carbonyl (C=O) groups is 1. The lowest BCUT2D eigenvalue weighted by molar-refractivity contribution is -0.139. The van der Waals surface area contributed by atoms with Crippen molar-refractivity contribution in [2.24, 2.45) is 5.73 Å². The predicted molar refractivity (Wildman–Crippen MR) is 84.4 cm³/mol. The summed E-state index contributed by atoms with van der Waals surface area (Å²) >= 11 is 0. The van der Waals surface area contributed by atoms with Crippen LogP contribution in [0.5, 0.6) is 5.88 Å². The van der Waals surface area contributed by atoms with Crippen LogP contribution in [0.2, 0.25) is 0 Å². The summed E-state index contributed by atoms with van der Waals surface area (Å²) < 4.78 is 10.3. The van der Waals surface area contributed by atoms with Gasteiger partial charge < -0.3 is 15.2 Å². The summed E-state index contributed by atoms with van der Waals surface area (Å²) in [6.07, 6.45) is 0. The maximum atomic E-state index is 12.4. The molecule has 1 aliphatic rings. The molecule has 8 nitrogen and oxygen atoms in total. The average Bonchev–Trinajstić information content (AvgIpc) is 2.54. The highest BCUT2D eigenvalue weighted by Crippen LogP contribution is 2.39. The number of nitrogens with one attached hydrogen (secondary N) is 2. The summed E-state index contributed by atoms with van der Waals surface area (Å²) in [7, 11) is 0. The fourth-order valence-corrected chi connectivity index (χ4v) is 2.68. The quantitative estimate of drug-likeness (QED) is 0.696. The van der Waals surface area contributed by atoms with Crippen LogP contribution in [0.25, 0.3) is 0 Å². The molecule has 2 heterocycles. The first kappa shape index (κ1) is 15.6. The van der Waals surface area contributed by atoms with Crippen LogP contribution >= 0.6 is 0 Å². The van der Waals surface area contributed by atoms with Crippen LogP contribution in [0.4, 0.5) is 0 Å². The molecule has 4 N–H and O–H groups in total. The largest absolute Gasteiger partial charge is 0.462 e. The Labute approximate surface area is 135 Å². The van der Waals surface area contributed by atoms with Gasteiger partial charge in [-0.3, -0.25) is 14.8 Å². The summed E-state index contributed by atoms with van der Waals surface area (Å²) in [5.74, 6) is -1.78. The molecule has 0 radical (unpaired) electrons. The number of ether oxygens (including phenoxy) is 2. The van der Waals surface area contributed by atoms with Crippen LogP contribution in [0.3, 0.4) is 0 Å². The number of hydrogen-bond donors (Lipinski definition) is 3. The van der Waals surface area contributed by atoms with Gasteiger partial charge >= 0.3 is 11.7 Å². The Hall–Kier alpha value is -3.29. The Bertz CT molecular complexity index is 927. The number of aromatic amines is 2. The van der Waals surface area contributed by atoms with Crippen molar-refractivity contribution in [1.29, 1.82) is 0 Å². The zero-order valence-electron chi connectivity index (χ0n) is 12.8. The van der Waals surface area contributed by atoms with E-state index in [0.29, 0.717) is 5.56 Å². The molecular formula is C16H15N3O5. The number of aromatic nitrogens is 2. The molecule has 0 saturated heterocycles. The van der Waals surface area contributed by atoms with Crippen molar-refractivity contribution in [3.05, 3.63) is 73.8 Å². The molecule has 1 aromatic heterocycles. The van der Waals surface area contributed by atoms with Gasteiger partial charge in [0.15, 0.2) is 0 Å². The van der Waals surface area contributed by atoms with Crippen molar-refractivity contribution >= 4 is 5.97 Å². The molecule has 0 fully saturated rings. The van der Waals surface area contributed by atoms with Crippen molar-refractivity contribution in [2.45, 2.75) is 12.8 Å². The lowest BCUT2D eigenvalue weighted by atomic mass is 9.84. The summed E-state index contributed by atoms with van der Waals surface area (Å²) in [5.41, 5.74) is 5.26. The zero-order valence-corrected chi connectivity index (χ0v) is 12.8. The van der Waals surface area contributed by atoms with Gasteiger partial charge in [0, 0.05) is 0 Å². The Morgan fingerprint density at radius 3 is 2.62 bits per heavy atom. The summed E-state index contributed by atoms with van der Waals surface area (Å²) in [6.45, 7) is 1.81. The van der Waals surface area contributed by atoms with Crippen LogP contribution < -0.4 is 21.7 Å². The SMILES string of the molecule is CCOC(=O)C1=C(N)Oc2[nH]c(=O)[nH]c(=O)c2[C@H]1c1ccccc1. The number of H-pyrrole nitrogens is 2. The van der Waals surface area contributed by atoms with E-state index in [0.717, 1.165) is 0 Å². The van der Waals surface area contributed by atoms with Crippen molar-refractivity contribution in [2.75, 3.05) is 6.61 Å². The molecule has 3 rings (SSSR count). The van der Waals surface area contributed by atoms with Gasteiger partial charge in [-0.25, -0.2) is 9.59 Å². The van der Waals surface area contributed by atoms with E-state index >= 15 is 0 Å². The van der Waals surface area contributed by atoms with Crippen LogP contribution in [0.15, 0.2) is 51.4 Å². The highest BCUT2D eigenvalue weighted by molar-refractivity contribution is 5.92. The van der Waals surface area contributed by atoms with Crippen molar-refractivity contribution in [3.8, 4) is 5.88 Å². The standard InChI is InChI=1S/C16H15N3O5/c1-2-23-15(21)10-9(8-6-4-3-5-7-8)11-13(20)18-16(22)19-14(11)24-12(10)17/h3-7,9H,2,17H2,1H3,(H2,18,19,20,22)/t9-/m0/s1. The first-order chi connectivity index (χ1) is 11.5. The molecule has 1 atom stereocenters. The van der Waals surface area contributed by atoms with Gasteiger partial charge in [0.2, 0.25) is 11.8 Å². The first-order valence-corrected chi connectivity index (χ1v) is 7.29. The van der Waals surface area contributed by atoms with Gasteiger partial charge in [0.1, 0.15) is 5.57 Å². The minimum atomic E-state index is -0.811. The average molecular weight is 329 g/mol. The number of benzene rings is 1. The van der Waals surface area contributed by atoms with Crippen molar-refractivity contribution < 1.29 is 14.3 Å². The van der Waals surface area contributed by atoms with Crippen LogP contribution in [-0.2, 0) is 9.53 Å². The fourth-order valence-electron chi connectivity index (χ4n) is 2.68. The zero-order chi connectivity index (χ0) is 17.3. The molecule has 0 bridgehead atoms. The molecule has 1 aromatic carbocycles. The highest BCUT2D eigenvalue weighted by atomic mass is 16.5. The molecule has 0 saturated carbocycles. The Morgan fingerprint density at radius 1 is 1.25 bits per heavy atom. The molecule has 24 heavy (non-hydrogen) atoms. The van der Waals surface area contributed by atoms with E-state index in [1.54, 1.807) is 37.3 Å². The number of nitrogens with two attached hydrogens (primary N) is 1. The second-order valence-corrected chi connectivity index (χ2v) is 5.10. The van der Waals surface area contributed by atoms with Gasteiger partial charge in [-0.1, -0.05) is 30.3 Å². The lowest BCUT2D eigenvalue weighted by Crippen LogP contribution is -2.35. The van der Waals surface area contributed by atoms with Gasteiger partial charge in [-0.05, 0) is 12.5 Å². The van der Waals surface area contributed by atoms with E-state index in [1.807, 2.05) is 0 Å². The summed E-state index contributed by atoms with van der Waals surface area (Å²) in [6, 6.07) is 8.83. The van der Waals surface area contributed by atoms with E-state index in [4.69, 9.17) is 15.2 Å². The Kier molecular flexibility index (Phi) is 3.95. The van der Waals surface area contributed by atoms with Crippen molar-refractivity contribution in [1.82, 2.24) is 9.97 Å². The maximum Gasteiger partial charge on any atom is 0.340 e. The Balaban J connectivity index is 2.28. The van der Waals surface area contributed by atoms with E-state index in [1.165, 1.54) is 0 Å². The number of carbonyl (C=O) groups excluding carboxylic acids is 1.